The molecule has 3 fully saturated rings. The molecule has 0 spiro atoms. The van der Waals surface area contributed by atoms with Crippen LogP contribution in [-0.4, -0.2) is 76.4 Å². The number of hydrogen-bond donors (Lipinski definition) is 4. The van der Waals surface area contributed by atoms with Crippen LogP contribution in [0.15, 0.2) is 6.20 Å². The van der Waals surface area contributed by atoms with E-state index in [2.05, 4.69) is 30.8 Å². The molecular formula is C24H39FN6O2. The van der Waals surface area contributed by atoms with E-state index in [0.29, 0.717) is 23.8 Å². The third-order valence-electron chi connectivity index (χ3n) is 7.13. The molecule has 3 aliphatic rings. The Labute approximate surface area is 196 Å². The minimum absolute atomic E-state index is 0.135. The molecule has 1 aliphatic heterocycles. The van der Waals surface area contributed by atoms with Gasteiger partial charge in [0.05, 0.1) is 6.10 Å². The molecule has 33 heavy (non-hydrogen) atoms. The van der Waals surface area contributed by atoms with E-state index < -0.39 is 6.17 Å². The molecule has 9 heteroatoms. The number of likely N-dealkylation sites (tertiary alicyclic amines) is 1. The van der Waals surface area contributed by atoms with E-state index in [0.717, 1.165) is 57.5 Å². The second-order valence-corrected chi connectivity index (χ2v) is 9.98. The number of anilines is 2. The van der Waals surface area contributed by atoms with Gasteiger partial charge >= 0.3 is 0 Å². The molecule has 4 N–H and O–H groups in total. The molecule has 184 valence electrons. The van der Waals surface area contributed by atoms with Crippen molar-refractivity contribution in [3.8, 4) is 0 Å². The summed E-state index contributed by atoms with van der Waals surface area (Å²) in [7, 11) is 0. The fourth-order valence-corrected chi connectivity index (χ4v) is 4.69. The van der Waals surface area contributed by atoms with E-state index in [-0.39, 0.29) is 30.6 Å². The molecule has 2 saturated carbocycles. The van der Waals surface area contributed by atoms with E-state index in [9.17, 15) is 14.3 Å². The van der Waals surface area contributed by atoms with Crippen molar-refractivity contribution in [2.75, 3.05) is 36.8 Å². The number of halogens is 1. The van der Waals surface area contributed by atoms with Gasteiger partial charge < -0.3 is 26.0 Å². The van der Waals surface area contributed by atoms with Crippen LogP contribution < -0.4 is 16.0 Å². The largest absolute Gasteiger partial charge is 0.393 e. The van der Waals surface area contributed by atoms with Crippen LogP contribution in [0.4, 0.5) is 16.2 Å². The first-order valence-corrected chi connectivity index (χ1v) is 12.7. The first-order valence-electron chi connectivity index (χ1n) is 12.7. The highest BCUT2D eigenvalue weighted by molar-refractivity contribution is 5.98. The number of rotatable bonds is 10. The van der Waals surface area contributed by atoms with Crippen molar-refractivity contribution in [3.63, 3.8) is 0 Å². The Morgan fingerprint density at radius 3 is 2.55 bits per heavy atom. The molecule has 2 aliphatic carbocycles. The number of carbonyl (C=O) groups excluding carboxylic acids is 1. The molecule has 0 bridgehead atoms. The van der Waals surface area contributed by atoms with Gasteiger partial charge in [0, 0.05) is 44.5 Å². The quantitative estimate of drug-likeness (QED) is 0.424. The van der Waals surface area contributed by atoms with Crippen LogP contribution in [0.5, 0.6) is 0 Å². The average Bonchev–Trinajstić information content (AvgIpc) is 3.64. The fourth-order valence-electron chi connectivity index (χ4n) is 4.69. The third kappa shape index (κ3) is 7.24. The Morgan fingerprint density at radius 1 is 1.15 bits per heavy atom. The predicted octanol–water partition coefficient (Wildman–Crippen LogP) is 2.96. The number of aromatic nitrogens is 2. The molecule has 1 atom stereocenters. The van der Waals surface area contributed by atoms with Crippen LogP contribution in [0.2, 0.25) is 0 Å². The van der Waals surface area contributed by atoms with Gasteiger partial charge in [0.2, 0.25) is 5.95 Å². The Balaban J connectivity index is 1.39. The molecule has 0 radical (unpaired) electrons. The van der Waals surface area contributed by atoms with E-state index >= 15 is 0 Å². The summed E-state index contributed by atoms with van der Waals surface area (Å²) in [6, 6.07) is 0.290. The third-order valence-corrected chi connectivity index (χ3v) is 7.13. The number of nitrogens with one attached hydrogen (secondary N) is 3. The van der Waals surface area contributed by atoms with Gasteiger partial charge in [-0.2, -0.15) is 4.98 Å². The molecule has 1 amide bonds. The van der Waals surface area contributed by atoms with Crippen LogP contribution in [-0.2, 0) is 0 Å². The number of piperidine rings is 1. The van der Waals surface area contributed by atoms with E-state index in [1.807, 2.05) is 0 Å². The minimum atomic E-state index is -0.974. The maximum absolute atomic E-state index is 13.7. The highest BCUT2D eigenvalue weighted by Gasteiger charge is 2.28. The standard InChI is InChI=1S/C24H39FN6O2/c1-2-17(25)13-26-24-27-14-21(22(30-24)28-18-5-7-20(32)8-6-18)23(33)29-19-9-11-31(12-10-19)15-16-3-4-16/h14,16-20,32H,2-13,15H2,1H3,(H,29,33)(H2,26,27,28,30)/t17-,18?,20?/m0/s1. The molecule has 1 aromatic rings. The lowest BCUT2D eigenvalue weighted by molar-refractivity contribution is 0.0909. The maximum Gasteiger partial charge on any atom is 0.256 e. The zero-order valence-electron chi connectivity index (χ0n) is 19.7. The number of nitrogens with zero attached hydrogens (tertiary/aromatic N) is 3. The summed E-state index contributed by atoms with van der Waals surface area (Å²) in [4.78, 5) is 24.5. The van der Waals surface area contributed by atoms with E-state index in [4.69, 9.17) is 0 Å². The average molecular weight is 463 g/mol. The van der Waals surface area contributed by atoms with Crippen molar-refractivity contribution in [1.29, 1.82) is 0 Å². The summed E-state index contributed by atoms with van der Waals surface area (Å²) in [5, 5.41) is 19.3. The lowest BCUT2D eigenvalue weighted by Crippen LogP contribution is -2.45. The predicted molar refractivity (Wildman–Crippen MR) is 127 cm³/mol. The monoisotopic (exact) mass is 462 g/mol. The Kier molecular flexibility index (Phi) is 8.35. The second-order valence-electron chi connectivity index (χ2n) is 9.98. The molecule has 8 nitrogen and oxygen atoms in total. The van der Waals surface area contributed by atoms with Crippen molar-refractivity contribution in [2.45, 2.75) is 89.1 Å². The zero-order valence-corrected chi connectivity index (χ0v) is 19.7. The number of alkyl halides is 1. The molecule has 2 heterocycles. The topological polar surface area (TPSA) is 102 Å². The summed E-state index contributed by atoms with van der Waals surface area (Å²) >= 11 is 0. The van der Waals surface area contributed by atoms with Gasteiger partial charge in [0.1, 0.15) is 17.6 Å². The number of carbonyl (C=O) groups is 1. The van der Waals surface area contributed by atoms with Crippen LogP contribution in [0.25, 0.3) is 0 Å². The summed E-state index contributed by atoms with van der Waals surface area (Å²) in [5.74, 6) is 1.51. The van der Waals surface area contributed by atoms with Crippen molar-refractivity contribution in [2.24, 2.45) is 5.92 Å². The van der Waals surface area contributed by atoms with Crippen molar-refractivity contribution >= 4 is 17.7 Å². The first kappa shape index (κ1) is 24.1. The molecule has 0 aromatic carbocycles. The van der Waals surface area contributed by atoms with E-state index in [1.165, 1.54) is 25.6 Å². The van der Waals surface area contributed by atoms with Crippen molar-refractivity contribution < 1.29 is 14.3 Å². The van der Waals surface area contributed by atoms with Crippen molar-refractivity contribution in [1.82, 2.24) is 20.2 Å². The van der Waals surface area contributed by atoms with Gasteiger partial charge in [-0.1, -0.05) is 6.92 Å². The highest BCUT2D eigenvalue weighted by atomic mass is 19.1. The summed E-state index contributed by atoms with van der Waals surface area (Å²) in [6.07, 6.45) is 8.46. The van der Waals surface area contributed by atoms with Crippen LogP contribution in [0, 0.1) is 5.92 Å². The van der Waals surface area contributed by atoms with Crippen LogP contribution in [0.1, 0.15) is 75.1 Å². The van der Waals surface area contributed by atoms with Crippen LogP contribution >= 0.6 is 0 Å². The zero-order chi connectivity index (χ0) is 23.2. The molecule has 1 aromatic heterocycles. The number of aliphatic hydroxyl groups is 1. The number of amides is 1. The Bertz CT molecular complexity index is 776. The maximum atomic E-state index is 13.7. The first-order chi connectivity index (χ1) is 16.0. The second kappa shape index (κ2) is 11.4. The minimum Gasteiger partial charge on any atom is -0.393 e. The highest BCUT2D eigenvalue weighted by Crippen LogP contribution is 2.30. The van der Waals surface area contributed by atoms with Gasteiger partial charge in [0.15, 0.2) is 0 Å². The fraction of sp³-hybridized carbons (Fsp3) is 0.792. The molecule has 4 rings (SSSR count). The molecule has 1 saturated heterocycles. The van der Waals surface area contributed by atoms with Crippen molar-refractivity contribution in [3.05, 3.63) is 11.8 Å². The van der Waals surface area contributed by atoms with Gasteiger partial charge in [-0.15, -0.1) is 0 Å². The normalized spacial score (nSPS) is 25.4. The van der Waals surface area contributed by atoms with Gasteiger partial charge in [-0.25, -0.2) is 9.37 Å². The van der Waals surface area contributed by atoms with Gasteiger partial charge in [0.25, 0.3) is 5.91 Å². The SMILES string of the molecule is CC[C@H](F)CNc1ncc(C(=O)NC2CCN(CC3CC3)CC2)c(NC2CCC(O)CC2)n1. The smallest absolute Gasteiger partial charge is 0.256 e. The van der Waals surface area contributed by atoms with E-state index in [1.54, 1.807) is 6.92 Å². The molecular weight excluding hydrogens is 423 g/mol. The van der Waals surface area contributed by atoms with Gasteiger partial charge in [-0.3, -0.25) is 4.79 Å². The van der Waals surface area contributed by atoms with Gasteiger partial charge in [-0.05, 0) is 63.7 Å². The number of hydrogen-bond acceptors (Lipinski definition) is 7. The Hall–Kier alpha value is -2.00. The summed E-state index contributed by atoms with van der Waals surface area (Å²) in [6.45, 7) is 5.18. The number of aliphatic hydroxyl groups excluding tert-OH is 1. The summed E-state index contributed by atoms with van der Waals surface area (Å²) < 4.78 is 13.7. The lowest BCUT2D eigenvalue weighted by Gasteiger charge is -2.32. The molecule has 0 unspecified atom stereocenters. The summed E-state index contributed by atoms with van der Waals surface area (Å²) in [5.41, 5.74) is 0.416. The lowest BCUT2D eigenvalue weighted by atomic mass is 9.93. The Morgan fingerprint density at radius 2 is 1.88 bits per heavy atom. The van der Waals surface area contributed by atoms with Crippen LogP contribution in [0.3, 0.4) is 0 Å².